The Labute approximate surface area is 205 Å². The molecule has 1 atom stereocenters. The minimum absolute atomic E-state index is 0.136. The van der Waals surface area contributed by atoms with Crippen molar-refractivity contribution in [3.63, 3.8) is 0 Å². The van der Waals surface area contributed by atoms with Crippen LogP contribution in [0.15, 0.2) is 57.8 Å². The number of nitrogens with zero attached hydrogens (tertiary/aromatic N) is 2. The second-order valence-electron chi connectivity index (χ2n) is 7.99. The monoisotopic (exact) mass is 525 g/mol. The number of alkyl halides is 5. The van der Waals surface area contributed by atoms with Crippen molar-refractivity contribution in [2.75, 3.05) is 0 Å². The summed E-state index contributed by atoms with van der Waals surface area (Å²) in [6.45, 7) is 2.77. The van der Waals surface area contributed by atoms with Gasteiger partial charge in [-0.2, -0.15) is 13.2 Å². The van der Waals surface area contributed by atoms with Crippen molar-refractivity contribution in [1.29, 1.82) is 0 Å². The number of rotatable bonds is 8. The molecular formula is C24H20F5N3O3S. The Kier molecular flexibility index (Phi) is 7.10. The highest BCUT2D eigenvalue weighted by atomic mass is 32.1. The van der Waals surface area contributed by atoms with E-state index in [0.717, 1.165) is 23.5 Å². The molecule has 2 aromatic heterocycles. The Hall–Kier alpha value is -3.38. The molecule has 1 N–H and O–H groups in total. The highest BCUT2D eigenvalue weighted by molar-refractivity contribution is 7.15. The Morgan fingerprint density at radius 1 is 1.03 bits per heavy atom. The first-order valence-corrected chi connectivity index (χ1v) is 11.6. The third-order valence-electron chi connectivity index (χ3n) is 5.47. The van der Waals surface area contributed by atoms with Crippen LogP contribution in [0.4, 0.5) is 22.0 Å². The molecule has 0 bridgehead atoms. The molecule has 4 rings (SSSR count). The first-order chi connectivity index (χ1) is 17.0. The second kappa shape index (κ2) is 9.94. The van der Waals surface area contributed by atoms with Gasteiger partial charge in [0.25, 0.3) is 5.92 Å². The number of aryl methyl sites for hydroxylation is 1. The van der Waals surface area contributed by atoms with Crippen LogP contribution in [0.5, 0.6) is 0 Å². The summed E-state index contributed by atoms with van der Waals surface area (Å²) in [5, 5.41) is 3.91. The highest BCUT2D eigenvalue weighted by Gasteiger charge is 2.42. The number of aromatic nitrogens is 3. The predicted octanol–water partition coefficient (Wildman–Crippen LogP) is 6.78. The number of hydrogen-bond donors (Lipinski definition) is 1. The molecule has 4 aromatic rings. The lowest BCUT2D eigenvalue weighted by Gasteiger charge is -2.25. The van der Waals surface area contributed by atoms with E-state index in [4.69, 9.17) is 4.74 Å². The summed E-state index contributed by atoms with van der Waals surface area (Å²) in [6, 6.07) is 11.0. The zero-order valence-electron chi connectivity index (χ0n) is 19.0. The maximum Gasteiger partial charge on any atom is 0.439 e. The van der Waals surface area contributed by atoms with Crippen molar-refractivity contribution in [3.05, 3.63) is 80.8 Å². The maximum atomic E-state index is 14.9. The van der Waals surface area contributed by atoms with Crippen LogP contribution in [0, 0.1) is 6.92 Å². The molecule has 0 fully saturated rings. The molecule has 2 aromatic carbocycles. The smallest absolute Gasteiger partial charge is 0.362 e. The van der Waals surface area contributed by atoms with Gasteiger partial charge in [-0.3, -0.25) is 9.51 Å². The Morgan fingerprint density at radius 2 is 1.67 bits per heavy atom. The summed E-state index contributed by atoms with van der Waals surface area (Å²) >= 11 is 0.964. The lowest BCUT2D eigenvalue weighted by atomic mass is 10.1. The quantitative estimate of drug-likeness (QED) is 0.257. The summed E-state index contributed by atoms with van der Waals surface area (Å²) in [5.41, 5.74) is 1.08. The first kappa shape index (κ1) is 25.7. The topological polar surface area (TPSA) is 81.0 Å². The van der Waals surface area contributed by atoms with Gasteiger partial charge >= 0.3 is 11.9 Å². The van der Waals surface area contributed by atoms with Crippen molar-refractivity contribution in [2.24, 2.45) is 0 Å². The number of halogens is 5. The minimum atomic E-state index is -4.48. The van der Waals surface area contributed by atoms with Crippen molar-refractivity contribution >= 4 is 11.3 Å². The molecular weight excluding hydrogens is 505 g/mol. The van der Waals surface area contributed by atoms with Gasteiger partial charge < -0.3 is 4.74 Å². The largest absolute Gasteiger partial charge is 0.439 e. The third-order valence-corrected chi connectivity index (χ3v) is 6.72. The van der Waals surface area contributed by atoms with Crippen LogP contribution in [0.3, 0.4) is 0 Å². The number of hydrogen-bond acceptors (Lipinski definition) is 6. The number of H-pyrrole nitrogens is 1. The predicted molar refractivity (Wildman–Crippen MR) is 123 cm³/mol. The van der Waals surface area contributed by atoms with E-state index >= 15 is 0 Å². The number of aromatic amines is 1. The van der Waals surface area contributed by atoms with E-state index in [0.29, 0.717) is 27.4 Å². The van der Waals surface area contributed by atoms with Crippen LogP contribution in [-0.4, -0.2) is 21.0 Å². The molecule has 2 heterocycles. The second-order valence-corrected chi connectivity index (χ2v) is 9.02. The molecule has 6 nitrogen and oxygen atoms in total. The minimum Gasteiger partial charge on any atom is -0.362 e. The summed E-state index contributed by atoms with van der Waals surface area (Å²) in [6.07, 6.45) is -6.56. The van der Waals surface area contributed by atoms with Gasteiger partial charge in [-0.1, -0.05) is 48.5 Å². The molecule has 36 heavy (non-hydrogen) atoms. The van der Waals surface area contributed by atoms with Crippen molar-refractivity contribution in [3.8, 4) is 22.0 Å². The molecule has 0 spiro atoms. The molecule has 1 unspecified atom stereocenters. The van der Waals surface area contributed by atoms with Crippen LogP contribution in [0.25, 0.3) is 22.0 Å². The molecule has 0 aliphatic rings. The average molecular weight is 525 g/mol. The van der Waals surface area contributed by atoms with Crippen molar-refractivity contribution in [2.45, 2.75) is 45.1 Å². The van der Waals surface area contributed by atoms with Gasteiger partial charge in [0.15, 0.2) is 11.9 Å². The number of ether oxygens (including phenoxy) is 1. The molecule has 0 radical (unpaired) electrons. The van der Waals surface area contributed by atoms with Crippen molar-refractivity contribution < 1.29 is 31.2 Å². The van der Waals surface area contributed by atoms with Gasteiger partial charge in [0.1, 0.15) is 5.01 Å². The fraction of sp³-hybridized carbons (Fsp3) is 0.292. The highest BCUT2D eigenvalue weighted by Crippen LogP contribution is 2.43. The van der Waals surface area contributed by atoms with E-state index in [1.165, 1.54) is 19.1 Å². The van der Waals surface area contributed by atoms with Crippen molar-refractivity contribution in [1.82, 2.24) is 15.1 Å². The zero-order chi connectivity index (χ0) is 26.1. The molecule has 0 saturated heterocycles. The van der Waals surface area contributed by atoms with Gasteiger partial charge in [-0.15, -0.1) is 11.3 Å². The normalized spacial score (nSPS) is 13.2. The fourth-order valence-corrected chi connectivity index (χ4v) is 4.63. The molecule has 0 saturated carbocycles. The Balaban J connectivity index is 1.56. The van der Waals surface area contributed by atoms with E-state index in [-0.39, 0.29) is 17.3 Å². The maximum absolute atomic E-state index is 14.9. The van der Waals surface area contributed by atoms with Crippen LogP contribution >= 0.6 is 11.3 Å². The van der Waals surface area contributed by atoms with E-state index in [9.17, 15) is 26.7 Å². The van der Waals surface area contributed by atoms with Gasteiger partial charge in [-0.25, -0.2) is 18.6 Å². The van der Waals surface area contributed by atoms with E-state index in [2.05, 4.69) is 19.6 Å². The van der Waals surface area contributed by atoms with E-state index in [1.807, 2.05) is 0 Å². The van der Waals surface area contributed by atoms with Gasteiger partial charge in [0.2, 0.25) is 0 Å². The summed E-state index contributed by atoms with van der Waals surface area (Å²) < 4.78 is 78.7. The Morgan fingerprint density at radius 3 is 2.22 bits per heavy atom. The average Bonchev–Trinajstić information content (AvgIpc) is 3.45. The number of thiazole rings is 1. The summed E-state index contributed by atoms with van der Waals surface area (Å²) in [5.74, 6) is -3.67. The van der Waals surface area contributed by atoms with Crippen LogP contribution in [-0.2, 0) is 17.5 Å². The number of nitrogens with one attached hydrogen (secondary N) is 1. The SMILES string of the molecule is CCC(F)(F)C(OCc1ccc(-c2noc(=O)[nH]2)cc1)c1sc(-c2ccc(C(F)(F)F)cc2)nc1C. The lowest BCUT2D eigenvalue weighted by molar-refractivity contribution is -0.146. The molecule has 0 aliphatic heterocycles. The molecule has 12 heteroatoms. The van der Waals surface area contributed by atoms with E-state index < -0.39 is 35.9 Å². The van der Waals surface area contributed by atoms with Gasteiger partial charge in [-0.05, 0) is 24.6 Å². The molecule has 190 valence electrons. The van der Waals surface area contributed by atoms with Crippen LogP contribution in [0.2, 0.25) is 0 Å². The zero-order valence-corrected chi connectivity index (χ0v) is 19.8. The third kappa shape index (κ3) is 5.54. The fourth-order valence-electron chi connectivity index (χ4n) is 3.44. The van der Waals surface area contributed by atoms with Crippen LogP contribution in [0.1, 0.15) is 41.1 Å². The van der Waals surface area contributed by atoms with Gasteiger partial charge in [0, 0.05) is 17.5 Å². The standard InChI is InChI=1S/C24H20F5N3O3S/c1-3-23(25,26)19(34-12-14-4-6-15(7-5-14)20-31-22(33)35-32-20)18-13(2)30-21(36-18)16-8-10-17(11-9-16)24(27,28)29/h4-11,19H,3,12H2,1-2H3,(H,31,32,33). The van der Waals surface area contributed by atoms with Crippen LogP contribution < -0.4 is 5.76 Å². The molecule has 0 aliphatic carbocycles. The number of benzene rings is 2. The first-order valence-electron chi connectivity index (χ1n) is 10.8. The van der Waals surface area contributed by atoms with Gasteiger partial charge in [0.05, 0.1) is 22.7 Å². The van der Waals surface area contributed by atoms with E-state index in [1.54, 1.807) is 31.2 Å². The Bertz CT molecular complexity index is 1380. The lowest BCUT2D eigenvalue weighted by Crippen LogP contribution is -2.27. The summed E-state index contributed by atoms with van der Waals surface area (Å²) in [4.78, 5) is 18.1. The molecule has 0 amide bonds. The summed E-state index contributed by atoms with van der Waals surface area (Å²) in [7, 11) is 0.